The molecule has 20 heteroatoms. The van der Waals surface area contributed by atoms with Gasteiger partial charge in [0.2, 0.25) is 11.8 Å². The van der Waals surface area contributed by atoms with Gasteiger partial charge in [-0.2, -0.15) is 0 Å². The van der Waals surface area contributed by atoms with Crippen LogP contribution in [-0.4, -0.2) is 186 Å². The third kappa shape index (κ3) is 8.10. The van der Waals surface area contributed by atoms with Gasteiger partial charge in [-0.3, -0.25) is 9.59 Å². The van der Waals surface area contributed by atoms with Crippen LogP contribution in [0.4, 0.5) is 0 Å². The van der Waals surface area contributed by atoms with Crippen molar-refractivity contribution in [3.8, 4) is 0 Å². The van der Waals surface area contributed by atoms with Crippen LogP contribution in [0.15, 0.2) is 0 Å². The van der Waals surface area contributed by atoms with Crippen LogP contribution in [0.5, 0.6) is 0 Å². The summed E-state index contributed by atoms with van der Waals surface area (Å²) in [6.07, 6.45) is -23.7. The predicted molar refractivity (Wildman–Crippen MR) is 145 cm³/mol. The monoisotopic (exact) mass is 672 g/mol. The summed E-state index contributed by atoms with van der Waals surface area (Å²) in [7, 11) is 0. The van der Waals surface area contributed by atoms with Gasteiger partial charge in [0, 0.05) is 20.3 Å². The highest BCUT2D eigenvalue weighted by atomic mass is 16.8. The van der Waals surface area contributed by atoms with Crippen molar-refractivity contribution >= 4 is 17.8 Å². The Labute approximate surface area is 262 Å². The fraction of sp³-hybridized carbons (Fsp3) is 0.885. The molecule has 0 aromatic heterocycles. The molecule has 0 aromatic rings. The third-order valence-corrected chi connectivity index (χ3v) is 8.14. The number of amides is 2. The third-order valence-electron chi connectivity index (χ3n) is 8.14. The summed E-state index contributed by atoms with van der Waals surface area (Å²) in [6, 6.07) is -2.59. The lowest BCUT2D eigenvalue weighted by Crippen LogP contribution is -2.71. The fourth-order valence-electron chi connectivity index (χ4n) is 5.82. The number of carbonyl (C=O) groups excluding carboxylic acids is 2. The van der Waals surface area contributed by atoms with Gasteiger partial charge < -0.3 is 85.4 Å². The van der Waals surface area contributed by atoms with Crippen molar-refractivity contribution in [3.05, 3.63) is 0 Å². The van der Waals surface area contributed by atoms with Crippen molar-refractivity contribution in [3.63, 3.8) is 0 Å². The smallest absolute Gasteiger partial charge is 0.364 e. The molecule has 3 heterocycles. The second kappa shape index (κ2) is 15.8. The lowest BCUT2D eigenvalue weighted by molar-refractivity contribution is -0.379. The summed E-state index contributed by atoms with van der Waals surface area (Å²) in [6.45, 7) is 1.07. The zero-order valence-corrected chi connectivity index (χ0v) is 25.2. The highest BCUT2D eigenvalue weighted by Gasteiger charge is 2.60. The first-order valence-corrected chi connectivity index (χ1v) is 14.5. The maximum absolute atomic E-state index is 12.6. The van der Waals surface area contributed by atoms with Crippen LogP contribution >= 0.6 is 0 Å². The van der Waals surface area contributed by atoms with Crippen molar-refractivity contribution in [2.24, 2.45) is 0 Å². The van der Waals surface area contributed by atoms with Gasteiger partial charge in [0.1, 0.15) is 61.0 Å². The molecule has 0 aliphatic carbocycles. The van der Waals surface area contributed by atoms with Crippen LogP contribution in [-0.2, 0) is 38.1 Å². The molecule has 3 rings (SSSR count). The van der Waals surface area contributed by atoms with E-state index in [2.05, 4.69) is 10.6 Å². The molecule has 0 radical (unpaired) electrons. The molecule has 3 aliphatic heterocycles. The number of hydrogen-bond donors (Lipinski definition) is 12. The van der Waals surface area contributed by atoms with Gasteiger partial charge >= 0.3 is 5.97 Å². The average Bonchev–Trinajstić information content (AvgIpc) is 2.99. The Morgan fingerprint density at radius 1 is 0.870 bits per heavy atom. The summed E-state index contributed by atoms with van der Waals surface area (Å²) >= 11 is 0. The molecule has 0 bridgehead atoms. The quantitative estimate of drug-likeness (QED) is 0.0916. The molecule has 3 saturated heterocycles. The first-order valence-electron chi connectivity index (χ1n) is 14.5. The summed E-state index contributed by atoms with van der Waals surface area (Å²) in [5, 5.41) is 109. The molecule has 2 amide bonds. The Bertz CT molecular complexity index is 1050. The number of aliphatic hydroxyl groups excluding tert-OH is 9. The molecule has 12 unspecified atom stereocenters. The summed E-state index contributed by atoms with van der Waals surface area (Å²) in [5.74, 6) is -6.22. The SMILES string of the molecule is CC(=O)NC1C(C)OC(CO)C(OC2OC(CO)C(O)C(O[C@]3(C(=O)O)C[C@@H](O)C(NC(C)=O)C([C@H](O)[C@H](O)CO)O3)C2O)C1O. The first-order chi connectivity index (χ1) is 21.5. The topological polar surface area (TPSA) is 324 Å². The molecule has 0 spiro atoms. The van der Waals surface area contributed by atoms with Gasteiger partial charge in [0.25, 0.3) is 5.79 Å². The van der Waals surface area contributed by atoms with Crippen LogP contribution in [0.2, 0.25) is 0 Å². The van der Waals surface area contributed by atoms with Gasteiger partial charge in [-0.15, -0.1) is 0 Å². The van der Waals surface area contributed by atoms with Crippen molar-refractivity contribution in [1.82, 2.24) is 10.6 Å². The molecule has 0 saturated carbocycles. The summed E-state index contributed by atoms with van der Waals surface area (Å²) in [4.78, 5) is 36.1. The van der Waals surface area contributed by atoms with Crippen molar-refractivity contribution in [2.45, 2.75) is 125 Å². The predicted octanol–water partition coefficient (Wildman–Crippen LogP) is -7.01. The zero-order valence-electron chi connectivity index (χ0n) is 25.2. The Morgan fingerprint density at radius 3 is 1.98 bits per heavy atom. The van der Waals surface area contributed by atoms with Crippen molar-refractivity contribution in [1.29, 1.82) is 0 Å². The number of carboxylic acid groups (broad SMARTS) is 1. The number of rotatable bonds is 12. The minimum Gasteiger partial charge on any atom is -0.477 e. The van der Waals surface area contributed by atoms with Gasteiger partial charge in [-0.05, 0) is 6.92 Å². The van der Waals surface area contributed by atoms with Crippen molar-refractivity contribution < 1.29 is 89.1 Å². The van der Waals surface area contributed by atoms with E-state index in [4.69, 9.17) is 23.7 Å². The van der Waals surface area contributed by atoms with Gasteiger partial charge in [0.15, 0.2) is 6.29 Å². The molecular weight excluding hydrogens is 628 g/mol. The number of carboxylic acids is 1. The molecule has 12 N–H and O–H groups in total. The normalized spacial score (nSPS) is 42.9. The Morgan fingerprint density at radius 2 is 1.46 bits per heavy atom. The Hall–Kier alpha value is -2.15. The Balaban J connectivity index is 1.95. The maximum atomic E-state index is 12.6. The zero-order chi connectivity index (χ0) is 34.7. The van der Waals surface area contributed by atoms with E-state index in [9.17, 15) is 65.4 Å². The van der Waals surface area contributed by atoms with E-state index in [0.717, 1.165) is 6.92 Å². The fourth-order valence-corrected chi connectivity index (χ4v) is 5.82. The number of aliphatic hydroxyl groups is 9. The van der Waals surface area contributed by atoms with E-state index in [1.54, 1.807) is 0 Å². The van der Waals surface area contributed by atoms with E-state index >= 15 is 0 Å². The molecule has 46 heavy (non-hydrogen) atoms. The second-order valence-electron chi connectivity index (χ2n) is 11.5. The largest absolute Gasteiger partial charge is 0.477 e. The number of ether oxygens (including phenoxy) is 5. The van der Waals surface area contributed by atoms with Gasteiger partial charge in [-0.25, -0.2) is 4.79 Å². The van der Waals surface area contributed by atoms with E-state index in [0.29, 0.717) is 0 Å². The summed E-state index contributed by atoms with van der Waals surface area (Å²) in [5.41, 5.74) is 0. The van der Waals surface area contributed by atoms with Gasteiger partial charge in [0.05, 0.1) is 44.1 Å². The number of hydrogen-bond acceptors (Lipinski definition) is 17. The lowest BCUT2D eigenvalue weighted by atomic mass is 9.88. The molecule has 3 fully saturated rings. The van der Waals surface area contributed by atoms with Gasteiger partial charge in [-0.1, -0.05) is 0 Å². The highest BCUT2D eigenvalue weighted by molar-refractivity contribution is 5.76. The van der Waals surface area contributed by atoms with E-state index in [1.807, 2.05) is 0 Å². The molecule has 20 nitrogen and oxygen atoms in total. The average molecular weight is 673 g/mol. The molecule has 0 aromatic carbocycles. The van der Waals surface area contributed by atoms with E-state index < -0.39 is 141 Å². The van der Waals surface area contributed by atoms with Crippen LogP contribution in [0.25, 0.3) is 0 Å². The number of carbonyl (C=O) groups is 3. The van der Waals surface area contributed by atoms with Crippen molar-refractivity contribution in [2.75, 3.05) is 19.8 Å². The minimum absolute atomic E-state index is 0.532. The highest BCUT2D eigenvalue weighted by Crippen LogP contribution is 2.38. The molecule has 266 valence electrons. The van der Waals surface area contributed by atoms with Crippen LogP contribution in [0.3, 0.4) is 0 Å². The minimum atomic E-state index is -3.00. The lowest BCUT2D eigenvalue weighted by Gasteiger charge is -2.50. The number of aliphatic carboxylic acids is 1. The standard InChI is InChI=1S/C26H44N2O18/c1-8-15(27-9(2)32)19(38)21(14(7-31)42-8)44-24-20(39)23(18(37)13(6-30)43-24)46-26(25(40)41)4-11(34)16(28-10(3)33)22(45-26)17(36)12(35)5-29/h8,11-24,29-31,34-39H,4-7H2,1-3H3,(H,27,32)(H,28,33)(H,40,41)/t8?,11-,12-,13?,14?,15?,16?,17-,18?,19?,20?,21?,22?,23?,24?,26+/m1/s1. The van der Waals surface area contributed by atoms with E-state index in [-0.39, 0.29) is 0 Å². The van der Waals surface area contributed by atoms with E-state index in [1.165, 1.54) is 13.8 Å². The Kier molecular flexibility index (Phi) is 13.2. The number of nitrogens with one attached hydrogen (secondary N) is 2. The second-order valence-corrected chi connectivity index (χ2v) is 11.5. The van der Waals surface area contributed by atoms with Crippen LogP contribution in [0, 0.1) is 0 Å². The first kappa shape index (κ1) is 38.3. The summed E-state index contributed by atoms with van der Waals surface area (Å²) < 4.78 is 28.1. The van der Waals surface area contributed by atoms with Crippen LogP contribution in [0.1, 0.15) is 27.2 Å². The molecule has 16 atom stereocenters. The van der Waals surface area contributed by atoms with Crippen LogP contribution < -0.4 is 10.6 Å². The maximum Gasteiger partial charge on any atom is 0.364 e. The molecular formula is C26H44N2O18. The molecule has 3 aliphatic rings.